The molecule has 1 amide bonds. The van der Waals surface area contributed by atoms with Gasteiger partial charge < -0.3 is 20.3 Å². The lowest BCUT2D eigenvalue weighted by Gasteiger charge is -2.41. The molecular weight excluding hydrogens is 198 g/mol. The Kier molecular flexibility index (Phi) is 4.07. The van der Waals surface area contributed by atoms with E-state index in [9.17, 15) is 15.0 Å². The van der Waals surface area contributed by atoms with Gasteiger partial charge in [0, 0.05) is 6.92 Å². The molecule has 0 radical (unpaired) electrons. The van der Waals surface area contributed by atoms with E-state index >= 15 is 0 Å². The van der Waals surface area contributed by atoms with Gasteiger partial charge in [0.2, 0.25) is 5.91 Å². The van der Waals surface area contributed by atoms with Gasteiger partial charge in [-0.2, -0.15) is 0 Å². The fourth-order valence-corrected chi connectivity index (χ4v) is 1.93. The van der Waals surface area contributed by atoms with Gasteiger partial charge in [0.15, 0.2) is 0 Å². The number of rotatable bonds is 2. The van der Waals surface area contributed by atoms with Crippen LogP contribution in [0.3, 0.4) is 0 Å². The van der Waals surface area contributed by atoms with E-state index < -0.39 is 18.2 Å². The number of hydrogen-bond donors (Lipinski definition) is 3. The summed E-state index contributed by atoms with van der Waals surface area (Å²) >= 11 is 0. The van der Waals surface area contributed by atoms with Crippen molar-refractivity contribution in [3.05, 3.63) is 0 Å². The van der Waals surface area contributed by atoms with Crippen LogP contribution >= 0.6 is 0 Å². The molecule has 0 aromatic carbocycles. The van der Waals surface area contributed by atoms with Crippen LogP contribution in [0, 0.1) is 0 Å². The first-order valence-electron chi connectivity index (χ1n) is 5.26. The molecule has 1 saturated heterocycles. The molecule has 5 unspecified atom stereocenters. The van der Waals surface area contributed by atoms with E-state index in [4.69, 9.17) is 4.74 Å². The highest BCUT2D eigenvalue weighted by molar-refractivity contribution is 5.73. The maximum atomic E-state index is 10.9. The van der Waals surface area contributed by atoms with Crippen molar-refractivity contribution in [1.82, 2.24) is 5.32 Å². The molecule has 5 heteroatoms. The van der Waals surface area contributed by atoms with Crippen molar-refractivity contribution in [2.24, 2.45) is 0 Å². The minimum atomic E-state index is -0.970. The second kappa shape index (κ2) is 4.92. The molecule has 0 saturated carbocycles. The van der Waals surface area contributed by atoms with Crippen molar-refractivity contribution in [3.8, 4) is 0 Å². The Balaban J connectivity index is 2.70. The molecule has 15 heavy (non-hydrogen) atoms. The summed E-state index contributed by atoms with van der Waals surface area (Å²) < 4.78 is 5.51. The molecule has 1 heterocycles. The molecule has 5 atom stereocenters. The second-order valence-corrected chi connectivity index (χ2v) is 4.00. The SMILES string of the molecule is CCC1OC(C)C(NC(C)=O)C(O)C1O. The molecule has 1 fully saturated rings. The zero-order valence-electron chi connectivity index (χ0n) is 9.30. The van der Waals surface area contributed by atoms with Crippen LogP contribution in [0.4, 0.5) is 0 Å². The van der Waals surface area contributed by atoms with Crippen molar-refractivity contribution in [2.45, 2.75) is 57.6 Å². The molecule has 0 aromatic rings. The first-order chi connectivity index (χ1) is 6.97. The molecule has 88 valence electrons. The lowest BCUT2D eigenvalue weighted by atomic mass is 9.92. The van der Waals surface area contributed by atoms with Crippen LogP contribution in [0.5, 0.6) is 0 Å². The van der Waals surface area contributed by atoms with Crippen LogP contribution in [-0.2, 0) is 9.53 Å². The Bertz CT molecular complexity index is 233. The topological polar surface area (TPSA) is 78.8 Å². The smallest absolute Gasteiger partial charge is 0.217 e. The average Bonchev–Trinajstić information content (AvgIpc) is 2.18. The normalized spacial score (nSPS) is 41.3. The third-order valence-electron chi connectivity index (χ3n) is 2.77. The number of carbonyl (C=O) groups excluding carboxylic acids is 1. The van der Waals surface area contributed by atoms with E-state index in [-0.39, 0.29) is 18.1 Å². The minimum absolute atomic E-state index is 0.239. The van der Waals surface area contributed by atoms with Crippen molar-refractivity contribution in [2.75, 3.05) is 0 Å². The van der Waals surface area contributed by atoms with E-state index in [0.717, 1.165) is 0 Å². The van der Waals surface area contributed by atoms with Gasteiger partial charge in [-0.05, 0) is 13.3 Å². The maximum Gasteiger partial charge on any atom is 0.217 e. The van der Waals surface area contributed by atoms with Crippen LogP contribution in [0.15, 0.2) is 0 Å². The van der Waals surface area contributed by atoms with E-state index in [2.05, 4.69) is 5.32 Å². The number of hydrogen-bond acceptors (Lipinski definition) is 4. The zero-order valence-corrected chi connectivity index (χ0v) is 9.30. The van der Waals surface area contributed by atoms with Gasteiger partial charge in [0.25, 0.3) is 0 Å². The van der Waals surface area contributed by atoms with E-state index in [1.165, 1.54) is 6.92 Å². The van der Waals surface area contributed by atoms with Crippen LogP contribution in [0.1, 0.15) is 27.2 Å². The Morgan fingerprint density at radius 2 is 2.00 bits per heavy atom. The molecule has 0 bridgehead atoms. The minimum Gasteiger partial charge on any atom is -0.388 e. The van der Waals surface area contributed by atoms with Gasteiger partial charge in [0.1, 0.15) is 12.2 Å². The molecule has 0 spiro atoms. The number of aliphatic hydroxyl groups excluding tert-OH is 2. The van der Waals surface area contributed by atoms with Gasteiger partial charge in [0.05, 0.1) is 18.2 Å². The number of nitrogens with one attached hydrogen (secondary N) is 1. The first-order valence-corrected chi connectivity index (χ1v) is 5.26. The Hall–Kier alpha value is -0.650. The molecule has 0 aromatic heterocycles. The molecule has 1 rings (SSSR count). The van der Waals surface area contributed by atoms with Crippen molar-refractivity contribution < 1.29 is 19.7 Å². The van der Waals surface area contributed by atoms with Gasteiger partial charge in [-0.1, -0.05) is 6.92 Å². The zero-order chi connectivity index (χ0) is 11.6. The molecule has 1 aliphatic heterocycles. The molecule has 1 aliphatic rings. The van der Waals surface area contributed by atoms with E-state index in [1.54, 1.807) is 6.92 Å². The lowest BCUT2D eigenvalue weighted by molar-refractivity contribution is -0.181. The Labute approximate surface area is 89.4 Å². The van der Waals surface area contributed by atoms with E-state index in [1.807, 2.05) is 6.92 Å². The summed E-state index contributed by atoms with van der Waals surface area (Å²) in [6.45, 7) is 5.03. The fourth-order valence-electron chi connectivity index (χ4n) is 1.93. The number of amides is 1. The Morgan fingerprint density at radius 1 is 1.40 bits per heavy atom. The molecule has 0 aliphatic carbocycles. The van der Waals surface area contributed by atoms with Crippen molar-refractivity contribution in [3.63, 3.8) is 0 Å². The highest BCUT2D eigenvalue weighted by Gasteiger charge is 2.41. The largest absolute Gasteiger partial charge is 0.388 e. The van der Waals surface area contributed by atoms with Crippen molar-refractivity contribution in [1.29, 1.82) is 0 Å². The van der Waals surface area contributed by atoms with Gasteiger partial charge >= 0.3 is 0 Å². The molecule has 5 nitrogen and oxygen atoms in total. The highest BCUT2D eigenvalue weighted by Crippen LogP contribution is 2.22. The Morgan fingerprint density at radius 3 is 2.47 bits per heavy atom. The van der Waals surface area contributed by atoms with Crippen LogP contribution < -0.4 is 5.32 Å². The maximum absolute atomic E-state index is 10.9. The third kappa shape index (κ3) is 2.68. The lowest BCUT2D eigenvalue weighted by Crippen LogP contribution is -2.62. The monoisotopic (exact) mass is 217 g/mol. The summed E-state index contributed by atoms with van der Waals surface area (Å²) in [6.07, 6.45) is -1.93. The fraction of sp³-hybridized carbons (Fsp3) is 0.900. The highest BCUT2D eigenvalue weighted by atomic mass is 16.5. The summed E-state index contributed by atoms with van der Waals surface area (Å²) in [6, 6.07) is -0.541. The van der Waals surface area contributed by atoms with Gasteiger partial charge in [-0.15, -0.1) is 0 Å². The quantitative estimate of drug-likeness (QED) is 0.577. The summed E-state index contributed by atoms with van der Waals surface area (Å²) in [5.74, 6) is -0.239. The number of ether oxygens (including phenoxy) is 1. The summed E-state index contributed by atoms with van der Waals surface area (Å²) in [5.41, 5.74) is 0. The number of carbonyl (C=O) groups is 1. The van der Waals surface area contributed by atoms with Crippen LogP contribution in [-0.4, -0.2) is 46.6 Å². The first kappa shape index (κ1) is 12.4. The summed E-state index contributed by atoms with van der Waals surface area (Å²) in [5, 5.41) is 22.1. The van der Waals surface area contributed by atoms with Gasteiger partial charge in [-0.3, -0.25) is 4.79 Å². The standard InChI is InChI=1S/C10H19NO4/c1-4-7-9(13)10(14)8(5(2)15-7)11-6(3)12/h5,7-10,13-14H,4H2,1-3H3,(H,11,12). The van der Waals surface area contributed by atoms with E-state index in [0.29, 0.717) is 6.42 Å². The average molecular weight is 217 g/mol. The summed E-state index contributed by atoms with van der Waals surface area (Å²) in [4.78, 5) is 10.9. The third-order valence-corrected chi connectivity index (χ3v) is 2.77. The molecule has 3 N–H and O–H groups in total. The summed E-state index contributed by atoms with van der Waals surface area (Å²) in [7, 11) is 0. The predicted molar refractivity (Wildman–Crippen MR) is 54.2 cm³/mol. The number of aliphatic hydroxyl groups is 2. The van der Waals surface area contributed by atoms with Crippen molar-refractivity contribution >= 4 is 5.91 Å². The van der Waals surface area contributed by atoms with Gasteiger partial charge in [-0.25, -0.2) is 0 Å². The second-order valence-electron chi connectivity index (χ2n) is 4.00. The van der Waals surface area contributed by atoms with Crippen LogP contribution in [0.2, 0.25) is 0 Å². The molecular formula is C10H19NO4. The van der Waals surface area contributed by atoms with Crippen LogP contribution in [0.25, 0.3) is 0 Å². The predicted octanol–water partition coefficient (Wildman–Crippen LogP) is -0.590.